The van der Waals surface area contributed by atoms with E-state index >= 15 is 0 Å². The van der Waals surface area contributed by atoms with Crippen molar-refractivity contribution in [3.8, 4) is 0 Å². The second-order valence-electron chi connectivity index (χ2n) is 5.21. The normalized spacial score (nSPS) is 11.4. The number of aromatic nitrogens is 1. The van der Waals surface area contributed by atoms with Crippen molar-refractivity contribution >= 4 is 15.9 Å². The van der Waals surface area contributed by atoms with Crippen molar-refractivity contribution in [2.45, 2.75) is 31.6 Å². The summed E-state index contributed by atoms with van der Waals surface area (Å²) < 4.78 is 27.7. The van der Waals surface area contributed by atoms with Crippen LogP contribution in [-0.4, -0.2) is 25.9 Å². The maximum absolute atomic E-state index is 11.9. The Balaban J connectivity index is 1.82. The number of amides is 1. The van der Waals surface area contributed by atoms with Gasteiger partial charge in [0.2, 0.25) is 15.9 Å². The van der Waals surface area contributed by atoms with Crippen LogP contribution in [0.15, 0.2) is 33.6 Å². The van der Waals surface area contributed by atoms with Gasteiger partial charge in [-0.25, -0.2) is 18.5 Å². The van der Waals surface area contributed by atoms with Crippen LogP contribution in [0.3, 0.4) is 0 Å². The maximum Gasteiger partial charge on any atom is 0.238 e. The third kappa shape index (κ3) is 4.90. The highest BCUT2D eigenvalue weighted by Gasteiger charge is 2.11. The summed E-state index contributed by atoms with van der Waals surface area (Å²) >= 11 is 0. The van der Waals surface area contributed by atoms with Crippen LogP contribution in [0.5, 0.6) is 0 Å². The zero-order valence-corrected chi connectivity index (χ0v) is 13.8. The van der Waals surface area contributed by atoms with Gasteiger partial charge in [0.15, 0.2) is 5.89 Å². The third-order valence-corrected chi connectivity index (χ3v) is 4.24. The van der Waals surface area contributed by atoms with Crippen molar-refractivity contribution in [3.05, 3.63) is 47.2 Å². The van der Waals surface area contributed by atoms with Gasteiger partial charge in [0.25, 0.3) is 0 Å². The van der Waals surface area contributed by atoms with E-state index in [1.54, 1.807) is 26.0 Å². The van der Waals surface area contributed by atoms with E-state index in [2.05, 4.69) is 10.3 Å². The summed E-state index contributed by atoms with van der Waals surface area (Å²) in [7, 11) is -3.68. The lowest BCUT2D eigenvalue weighted by Crippen LogP contribution is -2.27. The Morgan fingerprint density at radius 1 is 1.26 bits per heavy atom. The average molecular weight is 337 g/mol. The number of primary sulfonamides is 1. The molecule has 0 atom stereocenters. The lowest BCUT2D eigenvalue weighted by molar-refractivity contribution is -0.120. The molecular formula is C15H19N3O4S. The average Bonchev–Trinajstić information content (AvgIpc) is 2.76. The highest BCUT2D eigenvalue weighted by molar-refractivity contribution is 7.89. The summed E-state index contributed by atoms with van der Waals surface area (Å²) in [5, 5.41) is 7.83. The number of oxazole rings is 1. The number of carbonyl (C=O) groups is 1. The summed E-state index contributed by atoms with van der Waals surface area (Å²) in [6.07, 6.45) is 0.738. The lowest BCUT2D eigenvalue weighted by atomic mass is 10.1. The molecule has 0 fully saturated rings. The van der Waals surface area contributed by atoms with Crippen LogP contribution in [0.2, 0.25) is 0 Å². The number of nitrogens with two attached hydrogens (primary N) is 1. The van der Waals surface area contributed by atoms with Crippen molar-refractivity contribution in [2.75, 3.05) is 6.54 Å². The van der Waals surface area contributed by atoms with Crippen LogP contribution in [-0.2, 0) is 27.7 Å². The summed E-state index contributed by atoms with van der Waals surface area (Å²) in [6, 6.07) is 6.26. The molecule has 23 heavy (non-hydrogen) atoms. The molecule has 0 aliphatic carbocycles. The molecule has 1 aromatic carbocycles. The first-order valence-electron chi connectivity index (χ1n) is 7.07. The van der Waals surface area contributed by atoms with Crippen molar-refractivity contribution in [1.29, 1.82) is 0 Å². The number of benzene rings is 1. The van der Waals surface area contributed by atoms with Gasteiger partial charge in [-0.15, -0.1) is 0 Å². The molecule has 0 unspecified atom stereocenters. The predicted molar refractivity (Wildman–Crippen MR) is 84.2 cm³/mol. The van der Waals surface area contributed by atoms with E-state index in [-0.39, 0.29) is 17.2 Å². The van der Waals surface area contributed by atoms with Crippen molar-refractivity contribution in [3.63, 3.8) is 0 Å². The smallest absolute Gasteiger partial charge is 0.238 e. The summed E-state index contributed by atoms with van der Waals surface area (Å²) in [4.78, 5) is 16.0. The molecule has 0 saturated carbocycles. The minimum absolute atomic E-state index is 0.0708. The van der Waals surface area contributed by atoms with E-state index in [0.717, 1.165) is 11.3 Å². The molecular weight excluding hydrogens is 318 g/mol. The number of aryl methyl sites for hydroxylation is 2. The molecule has 0 spiro atoms. The Hall–Kier alpha value is -2.19. The largest absolute Gasteiger partial charge is 0.445 e. The molecule has 0 radical (unpaired) electrons. The van der Waals surface area contributed by atoms with E-state index in [9.17, 15) is 13.2 Å². The van der Waals surface area contributed by atoms with Crippen molar-refractivity contribution < 1.29 is 17.6 Å². The molecule has 1 aromatic heterocycles. The standard InChI is InChI=1S/C15H19N3O4S/c1-10-14(22-11(2)18-10)9-15(19)17-8-7-12-3-5-13(6-4-12)23(16,20)21/h3-6H,7-9H2,1-2H3,(H,17,19)(H2,16,20,21). The third-order valence-electron chi connectivity index (χ3n) is 3.31. The second kappa shape index (κ2) is 6.93. The molecule has 124 valence electrons. The van der Waals surface area contributed by atoms with Crippen molar-refractivity contribution in [2.24, 2.45) is 5.14 Å². The maximum atomic E-state index is 11.9. The highest BCUT2D eigenvalue weighted by Crippen LogP contribution is 2.10. The quantitative estimate of drug-likeness (QED) is 0.810. The minimum atomic E-state index is -3.68. The van der Waals surface area contributed by atoms with Crippen LogP contribution in [0.4, 0.5) is 0 Å². The highest BCUT2D eigenvalue weighted by atomic mass is 32.2. The second-order valence-corrected chi connectivity index (χ2v) is 6.77. The topological polar surface area (TPSA) is 115 Å². The molecule has 0 saturated heterocycles. The van der Waals surface area contributed by atoms with Gasteiger partial charge in [-0.05, 0) is 31.0 Å². The van der Waals surface area contributed by atoms with E-state index in [1.807, 2.05) is 0 Å². The van der Waals surface area contributed by atoms with Gasteiger partial charge in [0, 0.05) is 13.5 Å². The summed E-state index contributed by atoms with van der Waals surface area (Å²) in [5.41, 5.74) is 1.63. The zero-order chi connectivity index (χ0) is 17.0. The number of hydrogen-bond donors (Lipinski definition) is 2. The molecule has 1 amide bonds. The zero-order valence-electron chi connectivity index (χ0n) is 13.0. The predicted octanol–water partition coefficient (Wildman–Crippen LogP) is 0.840. The Kier molecular flexibility index (Phi) is 5.17. The molecule has 3 N–H and O–H groups in total. The fraction of sp³-hybridized carbons (Fsp3) is 0.333. The molecule has 0 aliphatic heterocycles. The fourth-order valence-corrected chi connectivity index (χ4v) is 2.65. The van der Waals surface area contributed by atoms with E-state index < -0.39 is 10.0 Å². The Bertz CT molecular complexity index is 795. The SMILES string of the molecule is Cc1nc(C)c(CC(=O)NCCc2ccc(S(N)(=O)=O)cc2)o1. The van der Waals surface area contributed by atoms with E-state index in [4.69, 9.17) is 9.56 Å². The number of rotatable bonds is 6. The van der Waals surface area contributed by atoms with Crippen molar-refractivity contribution in [1.82, 2.24) is 10.3 Å². The number of sulfonamides is 1. The van der Waals surface area contributed by atoms with Gasteiger partial charge >= 0.3 is 0 Å². The van der Waals surface area contributed by atoms with Gasteiger partial charge in [0.05, 0.1) is 17.0 Å². The van der Waals surface area contributed by atoms with Crippen LogP contribution in [0.25, 0.3) is 0 Å². The number of nitrogens with one attached hydrogen (secondary N) is 1. The molecule has 8 heteroatoms. The van der Waals surface area contributed by atoms with Gasteiger partial charge in [0.1, 0.15) is 5.76 Å². The Labute approximate surface area is 135 Å². The van der Waals surface area contributed by atoms with Crippen LogP contribution in [0.1, 0.15) is 22.9 Å². The minimum Gasteiger partial charge on any atom is -0.445 e. The van der Waals surface area contributed by atoms with E-state index in [0.29, 0.717) is 24.6 Å². The number of carbonyl (C=O) groups excluding carboxylic acids is 1. The first-order chi connectivity index (χ1) is 10.8. The molecule has 1 heterocycles. The van der Waals surface area contributed by atoms with Gasteiger partial charge in [-0.3, -0.25) is 4.79 Å². The monoisotopic (exact) mass is 337 g/mol. The molecule has 0 aliphatic rings. The van der Waals surface area contributed by atoms with Gasteiger partial charge in [-0.1, -0.05) is 12.1 Å². The van der Waals surface area contributed by atoms with Gasteiger partial charge < -0.3 is 9.73 Å². The van der Waals surface area contributed by atoms with Crippen LogP contribution < -0.4 is 10.5 Å². The first kappa shape index (κ1) is 17.2. The number of nitrogens with zero attached hydrogens (tertiary/aromatic N) is 1. The van der Waals surface area contributed by atoms with Gasteiger partial charge in [-0.2, -0.15) is 0 Å². The van der Waals surface area contributed by atoms with Crippen LogP contribution >= 0.6 is 0 Å². The lowest BCUT2D eigenvalue weighted by Gasteiger charge is -2.05. The summed E-state index contributed by atoms with van der Waals surface area (Å²) in [5.74, 6) is 0.961. The molecule has 0 bridgehead atoms. The van der Waals surface area contributed by atoms with Crippen LogP contribution in [0, 0.1) is 13.8 Å². The number of hydrogen-bond acceptors (Lipinski definition) is 5. The molecule has 2 aromatic rings. The Morgan fingerprint density at radius 3 is 2.43 bits per heavy atom. The fourth-order valence-electron chi connectivity index (χ4n) is 2.14. The Morgan fingerprint density at radius 2 is 1.91 bits per heavy atom. The first-order valence-corrected chi connectivity index (χ1v) is 8.61. The van der Waals surface area contributed by atoms with E-state index in [1.165, 1.54) is 12.1 Å². The molecule has 7 nitrogen and oxygen atoms in total. The molecule has 2 rings (SSSR count). The summed E-state index contributed by atoms with van der Waals surface area (Å²) in [6.45, 7) is 3.98.